The summed E-state index contributed by atoms with van der Waals surface area (Å²) in [6.07, 6.45) is -3.76. The number of carbonyl (C=O) groups excluding carboxylic acids is 1. The number of rotatable bonds is 9. The van der Waals surface area contributed by atoms with Crippen molar-refractivity contribution in [1.82, 2.24) is 5.43 Å². The van der Waals surface area contributed by atoms with Crippen LogP contribution in [0.1, 0.15) is 16.7 Å². The van der Waals surface area contributed by atoms with Crippen molar-refractivity contribution in [3.63, 3.8) is 0 Å². The molecule has 0 aromatic heterocycles. The summed E-state index contributed by atoms with van der Waals surface area (Å²) in [5.41, 5.74) is 0.717. The number of alkyl halides is 3. The molecule has 0 aliphatic carbocycles. The first kappa shape index (κ1) is 26.6. The number of nitrogens with one attached hydrogen (secondary N) is 1. The molecular formula is C23H17F3N4O7. The zero-order valence-corrected chi connectivity index (χ0v) is 18.9. The number of hydrogen-bond acceptors (Lipinski definition) is 8. The summed E-state index contributed by atoms with van der Waals surface area (Å²) in [4.78, 5) is 32.7. The van der Waals surface area contributed by atoms with Gasteiger partial charge >= 0.3 is 11.9 Å². The zero-order valence-electron chi connectivity index (χ0n) is 18.9. The summed E-state index contributed by atoms with van der Waals surface area (Å²) < 4.78 is 49.6. The minimum absolute atomic E-state index is 0.0166. The lowest BCUT2D eigenvalue weighted by Gasteiger charge is -2.12. The fraction of sp³-hybridized carbons (Fsp3) is 0.130. The van der Waals surface area contributed by atoms with Crippen LogP contribution in [0, 0.1) is 20.2 Å². The number of nitro groups is 2. The fourth-order valence-corrected chi connectivity index (χ4v) is 3.02. The Labute approximate surface area is 206 Å². The van der Waals surface area contributed by atoms with Gasteiger partial charge in [0.05, 0.1) is 35.2 Å². The van der Waals surface area contributed by atoms with Gasteiger partial charge in [-0.25, -0.2) is 5.43 Å². The van der Waals surface area contributed by atoms with Crippen LogP contribution in [0.15, 0.2) is 65.8 Å². The number of benzene rings is 3. The van der Waals surface area contributed by atoms with Crippen molar-refractivity contribution in [3.05, 3.63) is 97.6 Å². The summed E-state index contributed by atoms with van der Waals surface area (Å²) in [5.74, 6) is -0.668. The third-order valence-electron chi connectivity index (χ3n) is 4.82. The average molecular weight is 518 g/mol. The van der Waals surface area contributed by atoms with Gasteiger partial charge in [0.1, 0.15) is 11.5 Å². The van der Waals surface area contributed by atoms with E-state index in [1.807, 2.05) is 0 Å². The summed E-state index contributed by atoms with van der Waals surface area (Å²) in [5, 5.41) is 25.9. The van der Waals surface area contributed by atoms with Gasteiger partial charge in [0.15, 0.2) is 0 Å². The topological polar surface area (TPSA) is 146 Å². The highest BCUT2D eigenvalue weighted by atomic mass is 19.4. The molecule has 1 amide bonds. The first-order chi connectivity index (χ1) is 17.5. The summed E-state index contributed by atoms with van der Waals surface area (Å²) >= 11 is 0. The van der Waals surface area contributed by atoms with E-state index < -0.39 is 38.9 Å². The predicted octanol–water partition coefficient (Wildman–Crippen LogP) is 5.02. The van der Waals surface area contributed by atoms with Gasteiger partial charge in [-0.05, 0) is 35.9 Å². The summed E-state index contributed by atoms with van der Waals surface area (Å²) in [6, 6.07) is 11.4. The fourth-order valence-electron chi connectivity index (χ4n) is 3.02. The number of carbonyl (C=O) groups is 1. The van der Waals surface area contributed by atoms with Crippen LogP contribution in [-0.4, -0.2) is 29.1 Å². The number of hydrazone groups is 1. The third-order valence-corrected chi connectivity index (χ3v) is 4.82. The molecule has 0 spiro atoms. The van der Waals surface area contributed by atoms with Gasteiger partial charge < -0.3 is 9.47 Å². The zero-order chi connectivity index (χ0) is 27.2. The standard InChI is InChI=1S/C23H17F3N4O7/c1-36-18-7-9-20(37-21-8-4-16(23(24,25)26)12-19(21)30(34)35)15(11-18)13-27-28-22(31)10-14-2-5-17(6-3-14)29(32)33/h2-9,11-13H,10H2,1H3,(H,28,31)/b27-13-. The molecule has 0 saturated heterocycles. The Morgan fingerprint density at radius 3 is 2.27 bits per heavy atom. The van der Waals surface area contributed by atoms with Crippen LogP contribution in [0.2, 0.25) is 0 Å². The molecule has 0 saturated carbocycles. The highest BCUT2D eigenvalue weighted by Crippen LogP contribution is 2.38. The molecule has 11 nitrogen and oxygen atoms in total. The molecule has 37 heavy (non-hydrogen) atoms. The van der Waals surface area contributed by atoms with Gasteiger partial charge in [-0.1, -0.05) is 12.1 Å². The van der Waals surface area contributed by atoms with E-state index in [1.54, 1.807) is 0 Å². The van der Waals surface area contributed by atoms with E-state index in [4.69, 9.17) is 9.47 Å². The Morgan fingerprint density at radius 1 is 1.00 bits per heavy atom. The number of nitrogens with zero attached hydrogens (tertiary/aromatic N) is 3. The molecule has 14 heteroatoms. The molecule has 0 atom stereocenters. The van der Waals surface area contributed by atoms with Crippen LogP contribution in [0.5, 0.6) is 17.2 Å². The van der Waals surface area contributed by atoms with Gasteiger partial charge in [0.25, 0.3) is 5.69 Å². The Hall–Kier alpha value is -5.01. The van der Waals surface area contributed by atoms with Crippen molar-refractivity contribution < 1.29 is 37.3 Å². The van der Waals surface area contributed by atoms with Crippen LogP contribution >= 0.6 is 0 Å². The lowest BCUT2D eigenvalue weighted by atomic mass is 10.1. The van der Waals surface area contributed by atoms with Crippen molar-refractivity contribution in [3.8, 4) is 17.2 Å². The maximum atomic E-state index is 13.0. The summed E-state index contributed by atoms with van der Waals surface area (Å²) in [6.45, 7) is 0. The Kier molecular flexibility index (Phi) is 8.02. The third kappa shape index (κ3) is 7.00. The van der Waals surface area contributed by atoms with Crippen LogP contribution in [0.25, 0.3) is 0 Å². The highest BCUT2D eigenvalue weighted by Gasteiger charge is 2.33. The van der Waals surface area contributed by atoms with Crippen LogP contribution in [-0.2, 0) is 17.4 Å². The van der Waals surface area contributed by atoms with Crippen LogP contribution in [0.3, 0.4) is 0 Å². The van der Waals surface area contributed by atoms with E-state index in [2.05, 4.69) is 10.5 Å². The molecule has 0 radical (unpaired) electrons. The van der Waals surface area contributed by atoms with E-state index in [-0.39, 0.29) is 23.4 Å². The number of non-ortho nitro benzene ring substituents is 1. The normalized spacial score (nSPS) is 11.2. The van der Waals surface area contributed by atoms with Gasteiger partial charge in [0, 0.05) is 23.8 Å². The predicted molar refractivity (Wildman–Crippen MR) is 124 cm³/mol. The first-order valence-electron chi connectivity index (χ1n) is 10.2. The smallest absolute Gasteiger partial charge is 0.416 e. The highest BCUT2D eigenvalue weighted by molar-refractivity contribution is 5.86. The largest absolute Gasteiger partial charge is 0.497 e. The molecule has 0 fully saturated rings. The van der Waals surface area contributed by atoms with Crippen molar-refractivity contribution in [2.24, 2.45) is 5.10 Å². The maximum Gasteiger partial charge on any atom is 0.416 e. The second-order valence-corrected chi connectivity index (χ2v) is 7.34. The molecular weight excluding hydrogens is 501 g/mol. The molecule has 1 N–H and O–H groups in total. The number of halogens is 3. The minimum atomic E-state index is -4.78. The second kappa shape index (κ2) is 11.2. The lowest BCUT2D eigenvalue weighted by molar-refractivity contribution is -0.385. The number of amides is 1. The van der Waals surface area contributed by atoms with Crippen molar-refractivity contribution >= 4 is 23.5 Å². The molecule has 0 aliphatic rings. The monoisotopic (exact) mass is 518 g/mol. The molecule has 0 bridgehead atoms. The van der Waals surface area contributed by atoms with E-state index >= 15 is 0 Å². The molecule has 192 valence electrons. The van der Waals surface area contributed by atoms with Crippen molar-refractivity contribution in [2.75, 3.05) is 7.11 Å². The van der Waals surface area contributed by atoms with Crippen LogP contribution < -0.4 is 14.9 Å². The minimum Gasteiger partial charge on any atom is -0.497 e. The quantitative estimate of drug-likeness (QED) is 0.238. The Morgan fingerprint density at radius 2 is 1.68 bits per heavy atom. The molecule has 3 rings (SSSR count). The number of hydrogen-bond donors (Lipinski definition) is 1. The number of methoxy groups -OCH3 is 1. The molecule has 3 aromatic carbocycles. The van der Waals surface area contributed by atoms with E-state index in [0.717, 1.165) is 12.3 Å². The Bertz CT molecular complexity index is 1360. The van der Waals surface area contributed by atoms with E-state index in [1.165, 1.54) is 49.6 Å². The lowest BCUT2D eigenvalue weighted by Crippen LogP contribution is -2.19. The van der Waals surface area contributed by atoms with Crippen LogP contribution in [0.4, 0.5) is 24.5 Å². The van der Waals surface area contributed by atoms with Gasteiger partial charge in [-0.2, -0.15) is 18.3 Å². The van der Waals surface area contributed by atoms with Crippen molar-refractivity contribution in [2.45, 2.75) is 12.6 Å². The second-order valence-electron chi connectivity index (χ2n) is 7.34. The van der Waals surface area contributed by atoms with Gasteiger partial charge in [0.2, 0.25) is 11.7 Å². The maximum absolute atomic E-state index is 13.0. The summed E-state index contributed by atoms with van der Waals surface area (Å²) in [7, 11) is 1.38. The number of nitro benzene ring substituents is 2. The van der Waals surface area contributed by atoms with E-state index in [0.29, 0.717) is 23.4 Å². The van der Waals surface area contributed by atoms with Crippen molar-refractivity contribution in [1.29, 1.82) is 0 Å². The van der Waals surface area contributed by atoms with Gasteiger partial charge in [-0.15, -0.1) is 0 Å². The molecule has 3 aromatic rings. The number of ether oxygens (including phenoxy) is 2. The molecule has 0 aliphatic heterocycles. The van der Waals surface area contributed by atoms with Gasteiger partial charge in [-0.3, -0.25) is 25.0 Å². The van der Waals surface area contributed by atoms with E-state index in [9.17, 15) is 38.2 Å². The Balaban J connectivity index is 1.79. The molecule has 0 heterocycles. The first-order valence-corrected chi connectivity index (χ1v) is 10.2. The molecule has 0 unspecified atom stereocenters. The SMILES string of the molecule is COc1ccc(Oc2ccc(C(F)(F)F)cc2[N+](=O)[O-])c(/C=N\NC(=O)Cc2ccc([N+](=O)[O-])cc2)c1. The average Bonchev–Trinajstić information content (AvgIpc) is 2.84.